The molecule has 1 N–H and O–H groups in total. The summed E-state index contributed by atoms with van der Waals surface area (Å²) < 4.78 is 25.1. The fraction of sp³-hybridized carbons (Fsp3) is 0. The van der Waals surface area contributed by atoms with E-state index in [0.29, 0.717) is 5.56 Å². The summed E-state index contributed by atoms with van der Waals surface area (Å²) in [5.74, 6) is 0. The highest BCUT2D eigenvalue weighted by Crippen LogP contribution is 2.28. The van der Waals surface area contributed by atoms with E-state index in [1.165, 1.54) is 11.9 Å². The van der Waals surface area contributed by atoms with E-state index >= 15 is 0 Å². The van der Waals surface area contributed by atoms with Crippen LogP contribution < -0.4 is 4.83 Å². The van der Waals surface area contributed by atoms with Gasteiger partial charge in [0, 0.05) is 22.4 Å². The lowest BCUT2D eigenvalue weighted by atomic mass is 10.2. The summed E-state index contributed by atoms with van der Waals surface area (Å²) in [6, 6.07) is 15.6. The molecule has 2 aromatic rings. The van der Waals surface area contributed by atoms with Gasteiger partial charge in [0.1, 0.15) is 0 Å². The third-order valence-electron chi connectivity index (χ3n) is 2.73. The van der Waals surface area contributed by atoms with Gasteiger partial charge in [0.15, 0.2) is 5.04 Å². The lowest BCUT2D eigenvalue weighted by molar-refractivity contribution is 0.607. The first-order chi connectivity index (χ1) is 9.19. The molecule has 0 saturated heterocycles. The maximum atomic E-state index is 12.6. The van der Waals surface area contributed by atoms with Crippen molar-refractivity contribution < 1.29 is 8.42 Å². The number of hydrogen-bond acceptors (Lipinski definition) is 5. The molecule has 0 radical (unpaired) electrons. The minimum absolute atomic E-state index is 0.0630. The highest BCUT2D eigenvalue weighted by molar-refractivity contribution is 8.07. The van der Waals surface area contributed by atoms with E-state index in [-0.39, 0.29) is 9.94 Å². The van der Waals surface area contributed by atoms with E-state index in [1.54, 1.807) is 42.5 Å². The number of benzene rings is 2. The molecule has 1 aliphatic heterocycles. The van der Waals surface area contributed by atoms with Crippen molar-refractivity contribution in [3.63, 3.8) is 0 Å². The van der Waals surface area contributed by atoms with Crippen molar-refractivity contribution in [2.75, 3.05) is 0 Å². The SMILES string of the molecule is O=S(=O)(C1=NNSc2ccccc21)c1ccccc1. The van der Waals surface area contributed by atoms with Crippen LogP contribution in [0.2, 0.25) is 0 Å². The molecule has 4 nitrogen and oxygen atoms in total. The van der Waals surface area contributed by atoms with E-state index in [2.05, 4.69) is 9.93 Å². The number of nitrogens with one attached hydrogen (secondary N) is 1. The fourth-order valence-electron chi connectivity index (χ4n) is 1.82. The zero-order valence-corrected chi connectivity index (χ0v) is 11.4. The van der Waals surface area contributed by atoms with Crippen LogP contribution in [0.4, 0.5) is 0 Å². The van der Waals surface area contributed by atoms with Crippen LogP contribution in [0.1, 0.15) is 5.56 Å². The van der Waals surface area contributed by atoms with Gasteiger partial charge in [-0.2, -0.15) is 5.10 Å². The lowest BCUT2D eigenvalue weighted by Crippen LogP contribution is -2.22. The monoisotopic (exact) mass is 290 g/mol. The third-order valence-corrected chi connectivity index (χ3v) is 5.20. The van der Waals surface area contributed by atoms with Gasteiger partial charge in [-0.1, -0.05) is 36.4 Å². The van der Waals surface area contributed by atoms with Gasteiger partial charge in [0.2, 0.25) is 9.84 Å². The lowest BCUT2D eigenvalue weighted by Gasteiger charge is -2.16. The van der Waals surface area contributed by atoms with Crippen molar-refractivity contribution in [3.05, 3.63) is 60.2 Å². The minimum Gasteiger partial charge on any atom is -0.246 e. The topological polar surface area (TPSA) is 58.5 Å². The Hall–Kier alpha value is -1.79. The standard InChI is InChI=1S/C13H10N2O2S2/c16-19(17,10-6-2-1-3-7-10)13-11-8-4-5-9-12(11)18-15-14-13/h1-9,15H. The first-order valence-corrected chi connectivity index (χ1v) is 7.88. The molecule has 19 heavy (non-hydrogen) atoms. The predicted molar refractivity (Wildman–Crippen MR) is 75.6 cm³/mol. The normalized spacial score (nSPS) is 14.2. The number of hydrogen-bond donors (Lipinski definition) is 1. The zero-order valence-electron chi connectivity index (χ0n) is 9.78. The van der Waals surface area contributed by atoms with Gasteiger partial charge in [-0.3, -0.25) is 0 Å². The van der Waals surface area contributed by atoms with E-state index in [1.807, 2.05) is 12.1 Å². The second-order valence-electron chi connectivity index (χ2n) is 3.92. The second-order valence-corrected chi connectivity index (χ2v) is 6.61. The zero-order chi connectivity index (χ0) is 13.3. The Bertz CT molecular complexity index is 740. The molecular weight excluding hydrogens is 280 g/mol. The summed E-state index contributed by atoms with van der Waals surface area (Å²) in [7, 11) is -3.60. The number of sulfone groups is 1. The summed E-state index contributed by atoms with van der Waals surface area (Å²) in [5.41, 5.74) is 0.634. The van der Waals surface area contributed by atoms with Gasteiger partial charge in [0.25, 0.3) is 0 Å². The molecule has 2 aromatic carbocycles. The Kier molecular flexibility index (Phi) is 3.04. The van der Waals surface area contributed by atoms with Crippen molar-refractivity contribution in [1.82, 2.24) is 4.83 Å². The van der Waals surface area contributed by atoms with Crippen molar-refractivity contribution in [1.29, 1.82) is 0 Å². The molecule has 1 heterocycles. The Balaban J connectivity index is 2.16. The minimum atomic E-state index is -3.60. The quantitative estimate of drug-likeness (QED) is 0.820. The molecule has 0 spiro atoms. The molecule has 96 valence electrons. The molecule has 0 atom stereocenters. The van der Waals surface area contributed by atoms with Crippen LogP contribution >= 0.6 is 11.9 Å². The van der Waals surface area contributed by atoms with Crippen LogP contribution in [0.25, 0.3) is 0 Å². The maximum Gasteiger partial charge on any atom is 0.226 e. The van der Waals surface area contributed by atoms with E-state index < -0.39 is 9.84 Å². The Morgan fingerprint density at radius 3 is 2.42 bits per heavy atom. The Morgan fingerprint density at radius 2 is 1.63 bits per heavy atom. The summed E-state index contributed by atoms with van der Waals surface area (Å²) in [4.78, 5) is 3.79. The van der Waals surface area contributed by atoms with Gasteiger partial charge in [-0.25, -0.2) is 13.2 Å². The molecule has 0 bridgehead atoms. The summed E-state index contributed by atoms with van der Waals surface area (Å²) in [6.07, 6.45) is 0. The van der Waals surface area contributed by atoms with E-state index in [0.717, 1.165) is 4.90 Å². The number of fused-ring (bicyclic) bond motifs is 1. The van der Waals surface area contributed by atoms with Crippen molar-refractivity contribution in [2.24, 2.45) is 5.10 Å². The van der Waals surface area contributed by atoms with Gasteiger partial charge in [0.05, 0.1) is 4.90 Å². The molecule has 0 amide bonds. The molecule has 0 aliphatic carbocycles. The van der Waals surface area contributed by atoms with Crippen LogP contribution in [0.3, 0.4) is 0 Å². The van der Waals surface area contributed by atoms with Crippen molar-refractivity contribution in [3.8, 4) is 0 Å². The first kappa shape index (κ1) is 12.3. The van der Waals surface area contributed by atoms with Crippen LogP contribution in [-0.4, -0.2) is 13.5 Å². The van der Waals surface area contributed by atoms with Crippen LogP contribution in [0, 0.1) is 0 Å². The first-order valence-electron chi connectivity index (χ1n) is 5.59. The van der Waals surface area contributed by atoms with Gasteiger partial charge < -0.3 is 0 Å². The molecule has 6 heteroatoms. The predicted octanol–water partition coefficient (Wildman–Crippen LogP) is 2.43. The van der Waals surface area contributed by atoms with E-state index in [9.17, 15) is 8.42 Å². The summed E-state index contributed by atoms with van der Waals surface area (Å²) in [5, 5.41) is 4.02. The van der Waals surface area contributed by atoms with Crippen LogP contribution in [0.5, 0.6) is 0 Å². The van der Waals surface area contributed by atoms with Gasteiger partial charge in [-0.15, -0.1) is 0 Å². The molecule has 1 aliphatic rings. The molecule has 0 aromatic heterocycles. The van der Waals surface area contributed by atoms with Crippen molar-refractivity contribution >= 4 is 26.8 Å². The number of hydrazone groups is 1. The molecule has 0 unspecified atom stereocenters. The molecule has 3 rings (SSSR count). The average molecular weight is 290 g/mol. The smallest absolute Gasteiger partial charge is 0.226 e. The van der Waals surface area contributed by atoms with Crippen molar-refractivity contribution in [2.45, 2.75) is 9.79 Å². The van der Waals surface area contributed by atoms with Gasteiger partial charge >= 0.3 is 0 Å². The third kappa shape index (κ3) is 2.13. The van der Waals surface area contributed by atoms with Gasteiger partial charge in [-0.05, 0) is 18.2 Å². The Labute approximate surface area is 115 Å². The number of rotatable bonds is 1. The van der Waals surface area contributed by atoms with E-state index in [4.69, 9.17) is 0 Å². The molecule has 0 fully saturated rings. The maximum absolute atomic E-state index is 12.6. The second kappa shape index (κ2) is 4.71. The summed E-state index contributed by atoms with van der Waals surface area (Å²) in [6.45, 7) is 0. The molecule has 0 saturated carbocycles. The highest BCUT2D eigenvalue weighted by Gasteiger charge is 2.28. The molecular formula is C13H10N2O2S2. The average Bonchev–Trinajstić information content (AvgIpc) is 2.47. The summed E-state index contributed by atoms with van der Waals surface area (Å²) >= 11 is 1.30. The number of nitrogens with zero attached hydrogens (tertiary/aromatic N) is 1. The Morgan fingerprint density at radius 1 is 0.947 bits per heavy atom. The highest BCUT2D eigenvalue weighted by atomic mass is 32.2. The largest absolute Gasteiger partial charge is 0.246 e. The van der Waals surface area contributed by atoms with Crippen LogP contribution in [-0.2, 0) is 9.84 Å². The van der Waals surface area contributed by atoms with Crippen LogP contribution in [0.15, 0.2) is 69.5 Å². The fourth-order valence-corrected chi connectivity index (χ4v) is 3.97.